The van der Waals surface area contributed by atoms with Crippen molar-refractivity contribution < 1.29 is 9.21 Å². The lowest BCUT2D eigenvalue weighted by Gasteiger charge is -2.08. The molecule has 1 aromatic heterocycles. The highest BCUT2D eigenvalue weighted by molar-refractivity contribution is 5.92. The van der Waals surface area contributed by atoms with Crippen molar-refractivity contribution >= 4 is 11.9 Å². The number of nitrogens with one attached hydrogen (secondary N) is 1. The van der Waals surface area contributed by atoms with Crippen molar-refractivity contribution in [3.63, 3.8) is 0 Å². The number of hydrogen-bond acceptors (Lipinski definition) is 2. The van der Waals surface area contributed by atoms with Crippen molar-refractivity contribution in [2.24, 2.45) is 0 Å². The lowest BCUT2D eigenvalue weighted by molar-refractivity contribution is 0.251. The highest BCUT2D eigenvalue weighted by atomic mass is 16.3. The first-order valence-corrected chi connectivity index (χ1v) is 3.47. The van der Waals surface area contributed by atoms with Crippen LogP contribution < -0.4 is 10.2 Å². The van der Waals surface area contributed by atoms with Gasteiger partial charge in [-0.05, 0) is 6.07 Å². The van der Waals surface area contributed by atoms with Crippen molar-refractivity contribution in [3.8, 4) is 0 Å². The maximum Gasteiger partial charge on any atom is 0.324 e. The Hall–Kier alpha value is -1.45. The number of anilines is 1. The molecule has 2 amide bonds. The van der Waals surface area contributed by atoms with Crippen LogP contribution in [0.2, 0.25) is 0 Å². The molecule has 1 aliphatic heterocycles. The number of urea groups is 1. The van der Waals surface area contributed by atoms with Crippen LogP contribution in [0, 0.1) is 0 Å². The number of nitrogens with zero attached hydrogens (tertiary/aromatic N) is 1. The van der Waals surface area contributed by atoms with Crippen molar-refractivity contribution in [2.45, 2.75) is 0 Å². The van der Waals surface area contributed by atoms with E-state index in [0.717, 1.165) is 0 Å². The number of rotatable bonds is 1. The van der Waals surface area contributed by atoms with Crippen LogP contribution in [0.5, 0.6) is 0 Å². The van der Waals surface area contributed by atoms with Crippen LogP contribution >= 0.6 is 0 Å². The van der Waals surface area contributed by atoms with Crippen molar-refractivity contribution in [1.29, 1.82) is 0 Å². The van der Waals surface area contributed by atoms with Gasteiger partial charge in [-0.3, -0.25) is 4.90 Å². The monoisotopic (exact) mass is 152 g/mol. The standard InChI is InChI=1S/C7H8N2O2/c10-7-8-3-4-9(7)6-2-1-5-11-6/h1-2,5H,3-4H2,(H,8,10). The molecule has 2 rings (SSSR count). The maximum absolute atomic E-state index is 11.0. The highest BCUT2D eigenvalue weighted by Gasteiger charge is 2.22. The van der Waals surface area contributed by atoms with Gasteiger partial charge in [-0.15, -0.1) is 0 Å². The van der Waals surface area contributed by atoms with Crippen LogP contribution in [-0.2, 0) is 0 Å². The molecule has 58 valence electrons. The van der Waals surface area contributed by atoms with E-state index in [4.69, 9.17) is 4.42 Å². The molecule has 2 heterocycles. The second-order valence-electron chi connectivity index (χ2n) is 2.33. The van der Waals surface area contributed by atoms with Crippen molar-refractivity contribution in [1.82, 2.24) is 5.32 Å². The van der Waals surface area contributed by atoms with Gasteiger partial charge in [0, 0.05) is 19.2 Å². The van der Waals surface area contributed by atoms with Crippen LogP contribution in [0.3, 0.4) is 0 Å². The molecule has 4 nitrogen and oxygen atoms in total. The summed E-state index contributed by atoms with van der Waals surface area (Å²) in [5, 5.41) is 2.68. The zero-order chi connectivity index (χ0) is 7.68. The lowest BCUT2D eigenvalue weighted by Crippen LogP contribution is -2.27. The molecule has 0 aromatic carbocycles. The molecule has 0 saturated carbocycles. The van der Waals surface area contributed by atoms with Gasteiger partial charge in [-0.25, -0.2) is 4.79 Å². The van der Waals surface area contributed by atoms with Crippen LogP contribution in [0.15, 0.2) is 22.8 Å². The second-order valence-corrected chi connectivity index (χ2v) is 2.33. The van der Waals surface area contributed by atoms with E-state index in [-0.39, 0.29) is 6.03 Å². The molecule has 1 fully saturated rings. The Labute approximate surface area is 63.8 Å². The Balaban J connectivity index is 2.23. The molecule has 0 atom stereocenters. The molecule has 1 N–H and O–H groups in total. The molecular formula is C7H8N2O2. The zero-order valence-electron chi connectivity index (χ0n) is 5.91. The average molecular weight is 152 g/mol. The van der Waals surface area contributed by atoms with Gasteiger partial charge in [0.25, 0.3) is 0 Å². The third-order valence-corrected chi connectivity index (χ3v) is 1.63. The molecule has 11 heavy (non-hydrogen) atoms. The second kappa shape index (κ2) is 2.30. The first-order chi connectivity index (χ1) is 5.38. The number of carbonyl (C=O) groups is 1. The molecule has 4 heteroatoms. The van der Waals surface area contributed by atoms with Gasteiger partial charge in [0.15, 0.2) is 0 Å². The summed E-state index contributed by atoms with van der Waals surface area (Å²) in [7, 11) is 0. The molecule has 0 bridgehead atoms. The van der Waals surface area contributed by atoms with Gasteiger partial charge in [0.1, 0.15) is 0 Å². The summed E-state index contributed by atoms with van der Waals surface area (Å²) in [5.74, 6) is 0.611. The molecule has 0 spiro atoms. The van der Waals surface area contributed by atoms with Gasteiger partial charge < -0.3 is 9.73 Å². The Morgan fingerprint density at radius 3 is 3.09 bits per heavy atom. The smallest absolute Gasteiger partial charge is 0.324 e. The molecule has 1 aliphatic rings. The topological polar surface area (TPSA) is 45.5 Å². The number of hydrogen-bond donors (Lipinski definition) is 1. The minimum absolute atomic E-state index is 0.0834. The summed E-state index contributed by atoms with van der Waals surface area (Å²) >= 11 is 0. The Morgan fingerprint density at radius 1 is 1.64 bits per heavy atom. The van der Waals surface area contributed by atoms with Crippen molar-refractivity contribution in [2.75, 3.05) is 18.0 Å². The summed E-state index contributed by atoms with van der Waals surface area (Å²) in [6.07, 6.45) is 1.56. The van der Waals surface area contributed by atoms with Crippen LogP contribution in [0.4, 0.5) is 10.7 Å². The largest absolute Gasteiger partial charge is 0.448 e. The van der Waals surface area contributed by atoms with Crippen LogP contribution in [0.25, 0.3) is 0 Å². The summed E-state index contributed by atoms with van der Waals surface area (Å²) in [6, 6.07) is 3.45. The Bertz CT molecular complexity index is 255. The summed E-state index contributed by atoms with van der Waals surface area (Å²) in [5.41, 5.74) is 0. The zero-order valence-corrected chi connectivity index (χ0v) is 5.91. The average Bonchev–Trinajstić information content (AvgIpc) is 2.55. The highest BCUT2D eigenvalue weighted by Crippen LogP contribution is 2.15. The lowest BCUT2D eigenvalue weighted by atomic mass is 10.5. The molecule has 0 radical (unpaired) electrons. The van der Waals surface area contributed by atoms with Gasteiger partial charge in [0.2, 0.25) is 5.88 Å². The predicted octanol–water partition coefficient (Wildman–Crippen LogP) is 0.809. The minimum Gasteiger partial charge on any atom is -0.448 e. The van der Waals surface area contributed by atoms with E-state index in [9.17, 15) is 4.79 Å². The van der Waals surface area contributed by atoms with E-state index in [2.05, 4.69) is 5.32 Å². The first kappa shape index (κ1) is 6.27. The van der Waals surface area contributed by atoms with Gasteiger partial charge in [-0.2, -0.15) is 0 Å². The fourth-order valence-electron chi connectivity index (χ4n) is 1.11. The fourth-order valence-corrected chi connectivity index (χ4v) is 1.11. The third-order valence-electron chi connectivity index (χ3n) is 1.63. The number of furan rings is 1. The van der Waals surface area contributed by atoms with E-state index in [1.54, 1.807) is 23.3 Å². The first-order valence-electron chi connectivity index (χ1n) is 3.47. The van der Waals surface area contributed by atoms with Crippen molar-refractivity contribution in [3.05, 3.63) is 18.4 Å². The predicted molar refractivity (Wildman–Crippen MR) is 39.5 cm³/mol. The van der Waals surface area contributed by atoms with Crippen LogP contribution in [-0.4, -0.2) is 19.1 Å². The summed E-state index contributed by atoms with van der Waals surface area (Å²) < 4.78 is 5.05. The van der Waals surface area contributed by atoms with Gasteiger partial charge >= 0.3 is 6.03 Å². The van der Waals surface area contributed by atoms with Gasteiger partial charge in [-0.1, -0.05) is 0 Å². The van der Waals surface area contributed by atoms with E-state index >= 15 is 0 Å². The molecular weight excluding hydrogens is 144 g/mol. The van der Waals surface area contributed by atoms with Crippen LogP contribution in [0.1, 0.15) is 0 Å². The quantitative estimate of drug-likeness (QED) is 0.647. The normalized spacial score (nSPS) is 17.1. The molecule has 1 aromatic rings. The summed E-state index contributed by atoms with van der Waals surface area (Å²) in [4.78, 5) is 12.6. The van der Waals surface area contributed by atoms with E-state index < -0.39 is 0 Å². The van der Waals surface area contributed by atoms with E-state index in [1.807, 2.05) is 0 Å². The third kappa shape index (κ3) is 0.960. The number of amides is 2. The Morgan fingerprint density at radius 2 is 2.55 bits per heavy atom. The minimum atomic E-state index is -0.0834. The molecule has 0 unspecified atom stereocenters. The Kier molecular flexibility index (Phi) is 1.31. The van der Waals surface area contributed by atoms with Gasteiger partial charge in [0.05, 0.1) is 6.26 Å². The fraction of sp³-hybridized carbons (Fsp3) is 0.286. The van der Waals surface area contributed by atoms with E-state index in [1.165, 1.54) is 0 Å². The summed E-state index contributed by atoms with van der Waals surface area (Å²) in [6.45, 7) is 1.38. The van der Waals surface area contributed by atoms with E-state index in [0.29, 0.717) is 19.0 Å². The number of carbonyl (C=O) groups excluding carboxylic acids is 1. The molecule has 1 saturated heterocycles. The SMILES string of the molecule is O=C1NCCN1c1ccco1. The molecule has 0 aliphatic carbocycles. The maximum atomic E-state index is 11.0.